The normalized spacial score (nSPS) is 21.1. The second-order valence-electron chi connectivity index (χ2n) is 6.43. The van der Waals surface area contributed by atoms with E-state index in [0.29, 0.717) is 37.4 Å². The maximum Gasteiger partial charge on any atom is 0.272 e. The molecule has 0 radical (unpaired) electrons. The summed E-state index contributed by atoms with van der Waals surface area (Å²) in [6.45, 7) is 1.44. The summed E-state index contributed by atoms with van der Waals surface area (Å²) in [6, 6.07) is 9.63. The fraction of sp³-hybridized carbons (Fsp3) is 0.412. The van der Waals surface area contributed by atoms with E-state index in [2.05, 4.69) is 9.97 Å². The molecular formula is C17H22N4O2. The standard InChI is InChI=1S/C17H22N4O2/c1-20(2)10-17(23)8-9-21(11-17)16(22)15-14(18-12-19-15)13-6-4-3-5-7-13/h3-7,12,23H,8-11H2,1-2H3,(H,18,19)/t17-/m0/s1. The Hall–Kier alpha value is -2.18. The number of nitrogens with zero attached hydrogens (tertiary/aromatic N) is 3. The van der Waals surface area contributed by atoms with Gasteiger partial charge < -0.3 is 19.9 Å². The van der Waals surface area contributed by atoms with Crippen LogP contribution in [0.3, 0.4) is 0 Å². The summed E-state index contributed by atoms with van der Waals surface area (Å²) in [5.74, 6) is -0.115. The molecule has 1 aromatic heterocycles. The molecule has 2 aromatic rings. The molecule has 1 fully saturated rings. The van der Waals surface area contributed by atoms with E-state index in [4.69, 9.17) is 0 Å². The lowest BCUT2D eigenvalue weighted by molar-refractivity contribution is 0.0235. The van der Waals surface area contributed by atoms with Crippen molar-refractivity contribution in [3.63, 3.8) is 0 Å². The van der Waals surface area contributed by atoms with Crippen LogP contribution in [-0.2, 0) is 0 Å². The first-order valence-corrected chi connectivity index (χ1v) is 7.74. The highest BCUT2D eigenvalue weighted by Crippen LogP contribution is 2.26. The summed E-state index contributed by atoms with van der Waals surface area (Å²) in [5.41, 5.74) is 1.19. The van der Waals surface area contributed by atoms with Crippen molar-refractivity contribution in [1.29, 1.82) is 0 Å². The molecule has 2 heterocycles. The molecule has 6 nitrogen and oxygen atoms in total. The zero-order valence-corrected chi connectivity index (χ0v) is 13.5. The van der Waals surface area contributed by atoms with Crippen molar-refractivity contribution in [1.82, 2.24) is 19.8 Å². The van der Waals surface area contributed by atoms with Gasteiger partial charge >= 0.3 is 0 Å². The molecular weight excluding hydrogens is 292 g/mol. The predicted octanol–water partition coefficient (Wildman–Crippen LogP) is 1.22. The van der Waals surface area contributed by atoms with Crippen molar-refractivity contribution in [3.05, 3.63) is 42.4 Å². The van der Waals surface area contributed by atoms with E-state index in [0.717, 1.165) is 5.56 Å². The Kier molecular flexibility index (Phi) is 4.19. The van der Waals surface area contributed by atoms with E-state index < -0.39 is 5.60 Å². The molecule has 1 amide bonds. The quantitative estimate of drug-likeness (QED) is 0.890. The maximum atomic E-state index is 12.8. The first kappa shape index (κ1) is 15.7. The molecule has 2 N–H and O–H groups in total. The molecule has 1 aromatic carbocycles. The Morgan fingerprint density at radius 3 is 2.83 bits per heavy atom. The van der Waals surface area contributed by atoms with Crippen LogP contribution < -0.4 is 0 Å². The van der Waals surface area contributed by atoms with Crippen molar-refractivity contribution >= 4 is 5.91 Å². The van der Waals surface area contributed by atoms with Crippen LogP contribution in [0.1, 0.15) is 16.9 Å². The van der Waals surface area contributed by atoms with Gasteiger partial charge in [-0.15, -0.1) is 0 Å². The third-order valence-corrected chi connectivity index (χ3v) is 4.13. The van der Waals surface area contributed by atoms with Crippen LogP contribution in [0.25, 0.3) is 11.3 Å². The molecule has 122 valence electrons. The van der Waals surface area contributed by atoms with Crippen LogP contribution in [0.15, 0.2) is 36.7 Å². The fourth-order valence-corrected chi connectivity index (χ4v) is 3.18. The first-order valence-electron chi connectivity index (χ1n) is 7.74. The summed E-state index contributed by atoms with van der Waals surface area (Å²) in [6.07, 6.45) is 2.13. The summed E-state index contributed by atoms with van der Waals surface area (Å²) in [5, 5.41) is 10.6. The number of aromatic amines is 1. The molecule has 0 saturated carbocycles. The molecule has 3 rings (SSSR count). The lowest BCUT2D eigenvalue weighted by Gasteiger charge is -2.26. The number of H-pyrrole nitrogens is 1. The van der Waals surface area contributed by atoms with Gasteiger partial charge in [0.2, 0.25) is 0 Å². The highest BCUT2D eigenvalue weighted by molar-refractivity contribution is 5.98. The van der Waals surface area contributed by atoms with E-state index in [1.54, 1.807) is 4.90 Å². The number of carbonyl (C=O) groups is 1. The molecule has 1 aliphatic rings. The molecule has 6 heteroatoms. The Bertz CT molecular complexity index is 683. The lowest BCUT2D eigenvalue weighted by Crippen LogP contribution is -2.43. The molecule has 0 spiro atoms. The molecule has 0 bridgehead atoms. The van der Waals surface area contributed by atoms with E-state index in [9.17, 15) is 9.90 Å². The average molecular weight is 314 g/mol. The highest BCUT2D eigenvalue weighted by Gasteiger charge is 2.39. The van der Waals surface area contributed by atoms with E-state index in [-0.39, 0.29) is 5.91 Å². The van der Waals surface area contributed by atoms with Gasteiger partial charge in [-0.1, -0.05) is 30.3 Å². The SMILES string of the molecule is CN(C)C[C@@]1(O)CCN(C(=O)c2[nH]cnc2-c2ccccc2)C1. The fourth-order valence-electron chi connectivity index (χ4n) is 3.18. The van der Waals surface area contributed by atoms with Gasteiger partial charge in [0.05, 0.1) is 18.5 Å². The number of hydrogen-bond acceptors (Lipinski definition) is 4. The number of amides is 1. The van der Waals surface area contributed by atoms with Gasteiger partial charge in [-0.3, -0.25) is 4.79 Å². The van der Waals surface area contributed by atoms with Crippen molar-refractivity contribution in [3.8, 4) is 11.3 Å². The van der Waals surface area contributed by atoms with Crippen LogP contribution in [0.2, 0.25) is 0 Å². The number of likely N-dealkylation sites (N-methyl/N-ethyl adjacent to an activating group) is 1. The van der Waals surface area contributed by atoms with Crippen molar-refractivity contribution in [2.75, 3.05) is 33.7 Å². The van der Waals surface area contributed by atoms with Gasteiger partial charge in [0, 0.05) is 18.7 Å². The van der Waals surface area contributed by atoms with Gasteiger partial charge in [0.25, 0.3) is 5.91 Å². The molecule has 23 heavy (non-hydrogen) atoms. The largest absolute Gasteiger partial charge is 0.387 e. The first-order chi connectivity index (χ1) is 11.0. The molecule has 1 saturated heterocycles. The molecule has 0 unspecified atom stereocenters. The lowest BCUT2D eigenvalue weighted by atomic mass is 10.0. The Morgan fingerprint density at radius 1 is 1.39 bits per heavy atom. The summed E-state index contributed by atoms with van der Waals surface area (Å²) in [7, 11) is 3.84. The van der Waals surface area contributed by atoms with Gasteiger partial charge in [0.1, 0.15) is 11.4 Å². The smallest absolute Gasteiger partial charge is 0.272 e. The molecule has 1 aliphatic heterocycles. The second-order valence-corrected chi connectivity index (χ2v) is 6.43. The third kappa shape index (κ3) is 3.28. The Balaban J connectivity index is 1.79. The van der Waals surface area contributed by atoms with Gasteiger partial charge in [-0.25, -0.2) is 4.98 Å². The van der Waals surface area contributed by atoms with Crippen LogP contribution in [0.5, 0.6) is 0 Å². The number of hydrogen-bond donors (Lipinski definition) is 2. The number of β-amino-alcohol motifs (C(OH)–C–C–N with tert-alkyl or cyclic N) is 1. The van der Waals surface area contributed by atoms with E-state index in [1.807, 2.05) is 49.3 Å². The van der Waals surface area contributed by atoms with E-state index in [1.165, 1.54) is 6.33 Å². The van der Waals surface area contributed by atoms with Crippen LogP contribution in [0.4, 0.5) is 0 Å². The van der Waals surface area contributed by atoms with Crippen molar-refractivity contribution in [2.24, 2.45) is 0 Å². The maximum absolute atomic E-state index is 12.8. The van der Waals surface area contributed by atoms with Crippen LogP contribution >= 0.6 is 0 Å². The molecule has 1 atom stereocenters. The number of aliphatic hydroxyl groups is 1. The monoisotopic (exact) mass is 314 g/mol. The summed E-state index contributed by atoms with van der Waals surface area (Å²) >= 11 is 0. The van der Waals surface area contributed by atoms with Gasteiger partial charge in [0.15, 0.2) is 0 Å². The molecule has 0 aliphatic carbocycles. The topological polar surface area (TPSA) is 72.5 Å². The number of imidazole rings is 1. The van der Waals surface area contributed by atoms with Crippen LogP contribution in [0, 0.1) is 0 Å². The number of benzene rings is 1. The zero-order chi connectivity index (χ0) is 16.4. The Morgan fingerprint density at radius 2 is 2.13 bits per heavy atom. The number of likely N-dealkylation sites (tertiary alicyclic amines) is 1. The number of rotatable bonds is 4. The van der Waals surface area contributed by atoms with E-state index >= 15 is 0 Å². The minimum Gasteiger partial charge on any atom is -0.387 e. The zero-order valence-electron chi connectivity index (χ0n) is 13.5. The number of nitrogens with one attached hydrogen (secondary N) is 1. The van der Waals surface area contributed by atoms with Gasteiger partial charge in [-0.05, 0) is 20.5 Å². The predicted molar refractivity (Wildman–Crippen MR) is 88.0 cm³/mol. The van der Waals surface area contributed by atoms with Crippen molar-refractivity contribution < 1.29 is 9.90 Å². The average Bonchev–Trinajstić information content (AvgIpc) is 3.14. The van der Waals surface area contributed by atoms with Gasteiger partial charge in [-0.2, -0.15) is 0 Å². The third-order valence-electron chi connectivity index (χ3n) is 4.13. The minimum atomic E-state index is -0.841. The number of aromatic nitrogens is 2. The minimum absolute atomic E-state index is 0.115. The summed E-state index contributed by atoms with van der Waals surface area (Å²) < 4.78 is 0. The summed E-state index contributed by atoms with van der Waals surface area (Å²) in [4.78, 5) is 23.7. The number of carbonyl (C=O) groups excluding carboxylic acids is 1. The second kappa shape index (κ2) is 6.14. The Labute approximate surface area is 135 Å². The van der Waals surface area contributed by atoms with Crippen LogP contribution in [-0.4, -0.2) is 70.1 Å². The van der Waals surface area contributed by atoms with Crippen molar-refractivity contribution in [2.45, 2.75) is 12.0 Å². The highest BCUT2D eigenvalue weighted by atomic mass is 16.3.